The van der Waals surface area contributed by atoms with Gasteiger partial charge in [0.2, 0.25) is 0 Å². The van der Waals surface area contributed by atoms with Crippen LogP contribution in [-0.4, -0.2) is 15.3 Å². The largest absolute Gasteiger partial charge is 0.508 e. The number of phenolic OH excluding ortho intramolecular Hbond substituents is 1. The summed E-state index contributed by atoms with van der Waals surface area (Å²) in [4.78, 5) is 0. The Kier molecular flexibility index (Phi) is 2.67. The van der Waals surface area contributed by atoms with Crippen molar-refractivity contribution in [1.29, 1.82) is 0 Å². The van der Waals surface area contributed by atoms with Gasteiger partial charge in [0.1, 0.15) is 11.3 Å². The number of fused-ring (bicyclic) bond motifs is 1. The van der Waals surface area contributed by atoms with Gasteiger partial charge in [-0.25, -0.2) is 0 Å². The second kappa shape index (κ2) is 4.26. The first-order chi connectivity index (χ1) is 9.47. The van der Waals surface area contributed by atoms with Crippen LogP contribution in [0.3, 0.4) is 0 Å². The predicted octanol–water partition coefficient (Wildman–Crippen LogP) is 3.95. The zero-order valence-corrected chi connectivity index (χ0v) is 10.1. The first kappa shape index (κ1) is 12.5. The van der Waals surface area contributed by atoms with Crippen molar-refractivity contribution in [2.24, 2.45) is 0 Å². The first-order valence-corrected chi connectivity index (χ1v) is 5.80. The Morgan fingerprint density at radius 1 is 1.00 bits per heavy atom. The normalized spacial score (nSPS) is 11.9. The van der Waals surface area contributed by atoms with Crippen LogP contribution in [0.1, 0.15) is 5.56 Å². The van der Waals surface area contributed by atoms with E-state index < -0.39 is 11.7 Å². The molecule has 0 fully saturated rings. The number of nitrogens with zero attached hydrogens (tertiary/aromatic N) is 1. The number of phenols is 1. The third kappa shape index (κ3) is 1.99. The van der Waals surface area contributed by atoms with Crippen molar-refractivity contribution in [3.63, 3.8) is 0 Å². The molecule has 0 aliphatic rings. The molecule has 0 radical (unpaired) electrons. The van der Waals surface area contributed by atoms with E-state index in [0.717, 1.165) is 6.07 Å². The molecule has 6 heteroatoms. The minimum atomic E-state index is -4.44. The Labute approximate surface area is 111 Å². The lowest BCUT2D eigenvalue weighted by Gasteiger charge is -2.06. The highest BCUT2D eigenvalue weighted by molar-refractivity contribution is 5.94. The molecule has 3 nitrogen and oxygen atoms in total. The maximum atomic E-state index is 12.9. The molecule has 0 saturated heterocycles. The highest BCUT2D eigenvalue weighted by atomic mass is 19.4. The van der Waals surface area contributed by atoms with Crippen LogP contribution in [0.25, 0.3) is 22.2 Å². The number of halogens is 3. The number of alkyl halides is 3. The Balaban J connectivity index is 2.22. The number of hydrogen-bond acceptors (Lipinski definition) is 2. The maximum absolute atomic E-state index is 12.9. The number of rotatable bonds is 1. The van der Waals surface area contributed by atoms with Gasteiger partial charge in [-0.05, 0) is 30.3 Å². The van der Waals surface area contributed by atoms with Crippen LogP contribution >= 0.6 is 0 Å². The van der Waals surface area contributed by atoms with E-state index in [2.05, 4.69) is 10.2 Å². The summed E-state index contributed by atoms with van der Waals surface area (Å²) < 4.78 is 38.7. The molecule has 0 spiro atoms. The van der Waals surface area contributed by atoms with Gasteiger partial charge in [-0.15, -0.1) is 0 Å². The van der Waals surface area contributed by atoms with Crippen LogP contribution in [0.5, 0.6) is 5.75 Å². The molecule has 3 rings (SSSR count). The summed E-state index contributed by atoms with van der Waals surface area (Å²) in [6.45, 7) is 0. The van der Waals surface area contributed by atoms with Crippen LogP contribution in [-0.2, 0) is 6.18 Å². The van der Waals surface area contributed by atoms with Crippen molar-refractivity contribution in [2.75, 3.05) is 0 Å². The molecule has 20 heavy (non-hydrogen) atoms. The van der Waals surface area contributed by atoms with Crippen LogP contribution in [0.2, 0.25) is 0 Å². The van der Waals surface area contributed by atoms with Crippen molar-refractivity contribution in [2.45, 2.75) is 6.18 Å². The summed E-state index contributed by atoms with van der Waals surface area (Å²) in [5.41, 5.74) is 0.273. The Hall–Kier alpha value is -2.50. The number of benzene rings is 2. The smallest absolute Gasteiger partial charge is 0.418 e. The summed E-state index contributed by atoms with van der Waals surface area (Å²) >= 11 is 0. The molecule has 0 bridgehead atoms. The number of aromatic hydroxyl groups is 1. The number of para-hydroxylation sites is 1. The summed E-state index contributed by atoms with van der Waals surface area (Å²) in [6.07, 6.45) is -4.44. The molecular weight excluding hydrogens is 269 g/mol. The van der Waals surface area contributed by atoms with Crippen molar-refractivity contribution >= 4 is 10.9 Å². The van der Waals surface area contributed by atoms with E-state index in [0.29, 0.717) is 16.6 Å². The van der Waals surface area contributed by atoms with Gasteiger partial charge in [0.15, 0.2) is 0 Å². The van der Waals surface area contributed by atoms with E-state index in [1.807, 2.05) is 0 Å². The number of aromatic nitrogens is 2. The number of nitrogens with one attached hydrogen (secondary N) is 1. The van der Waals surface area contributed by atoms with Crippen molar-refractivity contribution in [3.8, 4) is 17.0 Å². The van der Waals surface area contributed by atoms with Crippen molar-refractivity contribution in [1.82, 2.24) is 10.2 Å². The molecule has 0 aliphatic heterocycles. The fourth-order valence-electron chi connectivity index (χ4n) is 2.11. The molecule has 3 aromatic rings. The average Bonchev–Trinajstić information content (AvgIpc) is 2.82. The van der Waals surface area contributed by atoms with Gasteiger partial charge in [-0.2, -0.15) is 18.3 Å². The third-order valence-electron chi connectivity index (χ3n) is 3.05. The quantitative estimate of drug-likeness (QED) is 0.708. The summed E-state index contributed by atoms with van der Waals surface area (Å²) in [5.74, 6) is 0.0913. The second-order valence-electron chi connectivity index (χ2n) is 4.34. The minimum Gasteiger partial charge on any atom is -0.508 e. The van der Waals surface area contributed by atoms with Gasteiger partial charge in [0, 0.05) is 10.9 Å². The monoisotopic (exact) mass is 278 g/mol. The summed E-state index contributed by atoms with van der Waals surface area (Å²) in [6, 6.07) is 10.1. The highest BCUT2D eigenvalue weighted by Crippen LogP contribution is 2.36. The lowest BCUT2D eigenvalue weighted by molar-refractivity contribution is -0.136. The molecule has 1 heterocycles. The molecule has 102 valence electrons. The van der Waals surface area contributed by atoms with Gasteiger partial charge < -0.3 is 5.11 Å². The van der Waals surface area contributed by atoms with E-state index in [-0.39, 0.29) is 11.3 Å². The van der Waals surface area contributed by atoms with Gasteiger partial charge in [0.05, 0.1) is 11.3 Å². The Morgan fingerprint density at radius 2 is 1.70 bits per heavy atom. The Bertz CT molecular complexity index is 760. The van der Waals surface area contributed by atoms with Crippen LogP contribution < -0.4 is 0 Å². The number of hydrogen-bond donors (Lipinski definition) is 2. The molecule has 1 aromatic heterocycles. The van der Waals surface area contributed by atoms with Gasteiger partial charge in [-0.1, -0.05) is 12.1 Å². The fraction of sp³-hybridized carbons (Fsp3) is 0.0714. The molecule has 0 saturated carbocycles. The second-order valence-corrected chi connectivity index (χ2v) is 4.34. The first-order valence-electron chi connectivity index (χ1n) is 5.80. The zero-order valence-electron chi connectivity index (χ0n) is 10.1. The average molecular weight is 278 g/mol. The molecule has 0 aliphatic carbocycles. The molecular formula is C14H9F3N2O. The molecule has 0 amide bonds. The van der Waals surface area contributed by atoms with Gasteiger partial charge in [-0.3, -0.25) is 5.10 Å². The van der Waals surface area contributed by atoms with Crippen LogP contribution in [0, 0.1) is 0 Å². The standard InChI is InChI=1S/C14H9F3N2O/c15-14(16,17)11-3-1-2-10-12(18-19-13(10)11)8-4-6-9(20)7-5-8/h1-7,20H,(H,18,19). The number of aromatic amines is 1. The summed E-state index contributed by atoms with van der Waals surface area (Å²) in [5, 5.41) is 16.0. The van der Waals surface area contributed by atoms with E-state index in [1.54, 1.807) is 18.2 Å². The van der Waals surface area contributed by atoms with Crippen molar-refractivity contribution < 1.29 is 18.3 Å². The third-order valence-corrected chi connectivity index (χ3v) is 3.05. The lowest BCUT2D eigenvalue weighted by atomic mass is 10.0. The molecule has 2 aromatic carbocycles. The fourth-order valence-corrected chi connectivity index (χ4v) is 2.11. The summed E-state index contributed by atoms with van der Waals surface area (Å²) in [7, 11) is 0. The topological polar surface area (TPSA) is 48.9 Å². The van der Waals surface area contributed by atoms with E-state index in [1.165, 1.54) is 18.2 Å². The zero-order chi connectivity index (χ0) is 14.3. The minimum absolute atomic E-state index is 0.0913. The maximum Gasteiger partial charge on any atom is 0.418 e. The molecule has 0 unspecified atom stereocenters. The van der Waals surface area contributed by atoms with Gasteiger partial charge >= 0.3 is 6.18 Å². The van der Waals surface area contributed by atoms with Gasteiger partial charge in [0.25, 0.3) is 0 Å². The lowest BCUT2D eigenvalue weighted by Crippen LogP contribution is -2.05. The Morgan fingerprint density at radius 3 is 2.35 bits per heavy atom. The molecule has 0 atom stereocenters. The van der Waals surface area contributed by atoms with E-state index in [4.69, 9.17) is 0 Å². The van der Waals surface area contributed by atoms with Crippen LogP contribution in [0.4, 0.5) is 13.2 Å². The molecule has 2 N–H and O–H groups in total. The predicted molar refractivity (Wildman–Crippen MR) is 68.2 cm³/mol. The van der Waals surface area contributed by atoms with Crippen molar-refractivity contribution in [3.05, 3.63) is 48.0 Å². The SMILES string of the molecule is Oc1ccc(-c2[nH]nc3c(C(F)(F)F)cccc23)cc1. The van der Waals surface area contributed by atoms with E-state index in [9.17, 15) is 18.3 Å². The van der Waals surface area contributed by atoms with E-state index >= 15 is 0 Å². The highest BCUT2D eigenvalue weighted by Gasteiger charge is 2.33. The van der Waals surface area contributed by atoms with Crippen LogP contribution in [0.15, 0.2) is 42.5 Å². The number of H-pyrrole nitrogens is 1.